The third-order valence-corrected chi connectivity index (χ3v) is 4.16. The third-order valence-electron chi connectivity index (χ3n) is 4.16. The molecule has 1 saturated heterocycles. The summed E-state index contributed by atoms with van der Waals surface area (Å²) in [5.74, 6) is 0.830. The van der Waals surface area contributed by atoms with Crippen LogP contribution in [-0.4, -0.2) is 18.1 Å². The predicted octanol–water partition coefficient (Wildman–Crippen LogP) is 2.80. The Bertz CT molecular complexity index is 387. The van der Waals surface area contributed by atoms with Gasteiger partial charge in [0.1, 0.15) is 0 Å². The van der Waals surface area contributed by atoms with Crippen molar-refractivity contribution >= 4 is 5.69 Å². The van der Waals surface area contributed by atoms with E-state index >= 15 is 0 Å². The lowest BCUT2D eigenvalue weighted by Crippen LogP contribution is -2.38. The topological polar surface area (TPSA) is 42.2 Å². The summed E-state index contributed by atoms with van der Waals surface area (Å²) in [5.41, 5.74) is 8.66. The fraction of sp³-hybridized carbons (Fsp3) is 0.667. The first-order chi connectivity index (χ1) is 8.52. The highest BCUT2D eigenvalue weighted by Gasteiger charge is 2.29. The second kappa shape index (κ2) is 5.27. The van der Waals surface area contributed by atoms with Gasteiger partial charge >= 0.3 is 0 Å². The summed E-state index contributed by atoms with van der Waals surface area (Å²) in [6.45, 7) is 9.90. The molecule has 100 valence electrons. The lowest BCUT2D eigenvalue weighted by molar-refractivity contribution is 0.199. The number of piperidine rings is 1. The van der Waals surface area contributed by atoms with E-state index in [1.165, 1.54) is 18.5 Å². The minimum Gasteiger partial charge on any atom is -0.371 e. The fourth-order valence-corrected chi connectivity index (χ4v) is 2.87. The zero-order chi connectivity index (χ0) is 13.2. The van der Waals surface area contributed by atoms with Crippen molar-refractivity contribution in [2.75, 3.05) is 18.0 Å². The minimum absolute atomic E-state index is 0.432. The van der Waals surface area contributed by atoms with E-state index in [0.29, 0.717) is 12.0 Å². The Morgan fingerprint density at radius 3 is 2.56 bits per heavy atom. The van der Waals surface area contributed by atoms with E-state index in [0.717, 1.165) is 24.6 Å². The highest BCUT2D eigenvalue weighted by Crippen LogP contribution is 2.35. The van der Waals surface area contributed by atoms with Crippen LogP contribution in [0.3, 0.4) is 0 Å². The lowest BCUT2D eigenvalue weighted by atomic mass is 9.75. The maximum atomic E-state index is 5.79. The molecule has 0 saturated carbocycles. The number of nitrogens with zero attached hydrogens (tertiary/aromatic N) is 2. The molecule has 1 aliphatic heterocycles. The molecule has 0 amide bonds. The SMILES string of the molecule is CC(C)(C)C1CCN(c2ccncc2CN)CC1. The molecule has 2 N–H and O–H groups in total. The lowest BCUT2D eigenvalue weighted by Gasteiger charge is -2.40. The van der Waals surface area contributed by atoms with Gasteiger partial charge in [-0.15, -0.1) is 0 Å². The summed E-state index contributed by atoms with van der Waals surface area (Å²) in [7, 11) is 0. The standard InChI is InChI=1S/C15H25N3/c1-15(2,3)13-5-8-18(9-6-13)14-4-7-17-11-12(14)10-16/h4,7,11,13H,5-6,8-10,16H2,1-3H3. The molecule has 0 spiro atoms. The Balaban J connectivity index is 2.06. The Morgan fingerprint density at radius 2 is 2.00 bits per heavy atom. The molecule has 0 aromatic carbocycles. The van der Waals surface area contributed by atoms with Crippen LogP contribution < -0.4 is 10.6 Å². The molecule has 0 unspecified atom stereocenters. The molecule has 1 fully saturated rings. The zero-order valence-electron chi connectivity index (χ0n) is 11.8. The smallest absolute Gasteiger partial charge is 0.0442 e. The molecule has 0 radical (unpaired) electrons. The number of aromatic nitrogens is 1. The number of pyridine rings is 1. The van der Waals surface area contributed by atoms with Gasteiger partial charge in [0.2, 0.25) is 0 Å². The van der Waals surface area contributed by atoms with E-state index in [4.69, 9.17) is 5.73 Å². The van der Waals surface area contributed by atoms with Crippen LogP contribution in [0.1, 0.15) is 39.2 Å². The summed E-state index contributed by atoms with van der Waals surface area (Å²) in [6, 6.07) is 2.10. The first-order valence-electron chi connectivity index (χ1n) is 6.90. The Labute approximate surface area is 110 Å². The Morgan fingerprint density at radius 1 is 1.33 bits per heavy atom. The monoisotopic (exact) mass is 247 g/mol. The number of anilines is 1. The van der Waals surface area contributed by atoms with Gasteiger partial charge in [0.05, 0.1) is 0 Å². The van der Waals surface area contributed by atoms with Crippen molar-refractivity contribution in [3.63, 3.8) is 0 Å². The van der Waals surface area contributed by atoms with Crippen molar-refractivity contribution < 1.29 is 0 Å². The Kier molecular flexibility index (Phi) is 3.91. The van der Waals surface area contributed by atoms with Crippen LogP contribution in [0.5, 0.6) is 0 Å². The van der Waals surface area contributed by atoms with Crippen molar-refractivity contribution in [3.05, 3.63) is 24.0 Å². The molecule has 2 rings (SSSR count). The number of nitrogens with two attached hydrogens (primary N) is 1. The molecule has 1 aromatic rings. The molecule has 1 aliphatic rings. The van der Waals surface area contributed by atoms with E-state index in [1.807, 2.05) is 12.4 Å². The average molecular weight is 247 g/mol. The minimum atomic E-state index is 0.432. The second-order valence-corrected chi connectivity index (χ2v) is 6.34. The van der Waals surface area contributed by atoms with Gasteiger partial charge < -0.3 is 10.6 Å². The molecule has 0 aliphatic carbocycles. The second-order valence-electron chi connectivity index (χ2n) is 6.34. The molecule has 2 heterocycles. The van der Waals surface area contributed by atoms with Gasteiger partial charge in [-0.1, -0.05) is 20.8 Å². The molecule has 3 heteroatoms. The van der Waals surface area contributed by atoms with Crippen LogP contribution in [0.25, 0.3) is 0 Å². The number of hydrogen-bond acceptors (Lipinski definition) is 3. The van der Waals surface area contributed by atoms with E-state index in [1.54, 1.807) is 0 Å². The van der Waals surface area contributed by atoms with Gasteiger partial charge in [0.25, 0.3) is 0 Å². The number of rotatable bonds is 2. The third kappa shape index (κ3) is 2.83. The normalized spacial score (nSPS) is 18.1. The highest BCUT2D eigenvalue weighted by atomic mass is 15.1. The quantitative estimate of drug-likeness (QED) is 0.874. The van der Waals surface area contributed by atoms with Crippen molar-refractivity contribution in [1.29, 1.82) is 0 Å². The highest BCUT2D eigenvalue weighted by molar-refractivity contribution is 5.52. The summed E-state index contributed by atoms with van der Waals surface area (Å²) in [4.78, 5) is 6.62. The first kappa shape index (κ1) is 13.3. The van der Waals surface area contributed by atoms with Gasteiger partial charge in [0, 0.05) is 43.3 Å². The van der Waals surface area contributed by atoms with Crippen LogP contribution in [0.15, 0.2) is 18.5 Å². The van der Waals surface area contributed by atoms with E-state index in [9.17, 15) is 0 Å². The van der Waals surface area contributed by atoms with E-state index in [-0.39, 0.29) is 0 Å². The van der Waals surface area contributed by atoms with Gasteiger partial charge in [-0.3, -0.25) is 4.98 Å². The average Bonchev–Trinajstić information content (AvgIpc) is 2.38. The van der Waals surface area contributed by atoms with Gasteiger partial charge in [-0.25, -0.2) is 0 Å². The summed E-state index contributed by atoms with van der Waals surface area (Å²) in [5, 5.41) is 0. The van der Waals surface area contributed by atoms with E-state index in [2.05, 4.69) is 36.7 Å². The van der Waals surface area contributed by atoms with Crippen molar-refractivity contribution in [2.24, 2.45) is 17.1 Å². The molecule has 18 heavy (non-hydrogen) atoms. The maximum absolute atomic E-state index is 5.79. The largest absolute Gasteiger partial charge is 0.371 e. The molecule has 3 nitrogen and oxygen atoms in total. The van der Waals surface area contributed by atoms with Gasteiger partial charge in [0.15, 0.2) is 0 Å². The zero-order valence-corrected chi connectivity index (χ0v) is 11.8. The van der Waals surface area contributed by atoms with Crippen LogP contribution >= 0.6 is 0 Å². The maximum Gasteiger partial charge on any atom is 0.0442 e. The molecular formula is C15H25N3. The summed E-state index contributed by atoms with van der Waals surface area (Å²) >= 11 is 0. The van der Waals surface area contributed by atoms with Crippen molar-refractivity contribution in [1.82, 2.24) is 4.98 Å². The summed E-state index contributed by atoms with van der Waals surface area (Å²) in [6.07, 6.45) is 6.31. The molecule has 0 atom stereocenters. The molecular weight excluding hydrogens is 222 g/mol. The Hall–Kier alpha value is -1.09. The van der Waals surface area contributed by atoms with Gasteiger partial charge in [-0.05, 0) is 30.2 Å². The molecule has 0 bridgehead atoms. The van der Waals surface area contributed by atoms with Crippen LogP contribution in [0.2, 0.25) is 0 Å². The van der Waals surface area contributed by atoms with Crippen molar-refractivity contribution in [3.8, 4) is 0 Å². The van der Waals surface area contributed by atoms with E-state index < -0.39 is 0 Å². The van der Waals surface area contributed by atoms with Crippen LogP contribution in [-0.2, 0) is 6.54 Å². The number of hydrogen-bond donors (Lipinski definition) is 1. The fourth-order valence-electron chi connectivity index (χ4n) is 2.87. The van der Waals surface area contributed by atoms with Crippen molar-refractivity contribution in [2.45, 2.75) is 40.2 Å². The molecule has 1 aromatic heterocycles. The van der Waals surface area contributed by atoms with Crippen LogP contribution in [0.4, 0.5) is 5.69 Å². The summed E-state index contributed by atoms with van der Waals surface area (Å²) < 4.78 is 0. The van der Waals surface area contributed by atoms with Gasteiger partial charge in [-0.2, -0.15) is 0 Å². The predicted molar refractivity (Wildman–Crippen MR) is 76.5 cm³/mol. The van der Waals surface area contributed by atoms with Crippen LogP contribution in [0, 0.1) is 11.3 Å². The first-order valence-corrected chi connectivity index (χ1v) is 6.90.